The number of aliphatic imine (C=N–C) groups is 1. The molecule has 0 aromatic rings. The van der Waals surface area contributed by atoms with Crippen molar-refractivity contribution >= 4 is 23.8 Å². The van der Waals surface area contributed by atoms with Crippen LogP contribution < -0.4 is 0 Å². The molecule has 46 valence electrons. The van der Waals surface area contributed by atoms with Gasteiger partial charge in [0.2, 0.25) is 0 Å². The highest BCUT2D eigenvalue weighted by molar-refractivity contribution is 7.80. The van der Waals surface area contributed by atoms with Crippen LogP contribution in [0.3, 0.4) is 0 Å². The molecule has 0 fully saturated rings. The molecule has 1 atom stereocenters. The Labute approximate surface area is 55.8 Å². The molecule has 1 nitrogen and oxygen atoms in total. The van der Waals surface area contributed by atoms with Crippen LogP contribution >= 0.6 is 12.2 Å². The largest absolute Gasteiger partial charge is 0.289 e. The predicted octanol–water partition coefficient (Wildman–Crippen LogP) is 1.86. The standard InChI is InChI=1S/C6H11NS/c1-3-6(2)7-4-5-8/h4-6H,3H2,1-2H3/t6-/m1/s1. The second kappa shape index (κ2) is 4.91. The van der Waals surface area contributed by atoms with Gasteiger partial charge in [0.15, 0.2) is 0 Å². The van der Waals surface area contributed by atoms with E-state index in [0.717, 1.165) is 6.42 Å². The van der Waals surface area contributed by atoms with Crippen LogP contribution in [0.15, 0.2) is 4.99 Å². The van der Waals surface area contributed by atoms with Gasteiger partial charge in [-0.2, -0.15) is 0 Å². The van der Waals surface area contributed by atoms with Crippen molar-refractivity contribution in [2.45, 2.75) is 26.3 Å². The molecule has 0 aromatic heterocycles. The zero-order chi connectivity index (χ0) is 6.41. The van der Waals surface area contributed by atoms with Crippen LogP contribution in [0, 0.1) is 0 Å². The van der Waals surface area contributed by atoms with E-state index in [0.29, 0.717) is 6.04 Å². The third-order valence-corrected chi connectivity index (χ3v) is 1.11. The zero-order valence-electron chi connectivity index (χ0n) is 5.29. The minimum Gasteiger partial charge on any atom is -0.289 e. The van der Waals surface area contributed by atoms with Crippen LogP contribution in [0.2, 0.25) is 0 Å². The van der Waals surface area contributed by atoms with Gasteiger partial charge in [0.05, 0.1) is 0 Å². The van der Waals surface area contributed by atoms with Gasteiger partial charge in [-0.15, -0.1) is 0 Å². The highest BCUT2D eigenvalue weighted by atomic mass is 32.1. The number of nitrogens with zero attached hydrogens (tertiary/aromatic N) is 1. The van der Waals surface area contributed by atoms with Gasteiger partial charge in [-0.25, -0.2) is 0 Å². The Kier molecular flexibility index (Phi) is 4.76. The van der Waals surface area contributed by atoms with Crippen LogP contribution in [0.25, 0.3) is 0 Å². The fourth-order valence-electron chi connectivity index (χ4n) is 0.287. The molecule has 0 aliphatic carbocycles. The summed E-state index contributed by atoms with van der Waals surface area (Å²) in [4.78, 5) is 4.08. The monoisotopic (exact) mass is 129 g/mol. The summed E-state index contributed by atoms with van der Waals surface area (Å²) < 4.78 is 0. The van der Waals surface area contributed by atoms with Gasteiger partial charge in [0, 0.05) is 17.6 Å². The Bertz CT molecular complexity index is 88.5. The molecule has 0 saturated carbocycles. The Balaban J connectivity index is 3.35. The van der Waals surface area contributed by atoms with Crippen LogP contribution in [0.5, 0.6) is 0 Å². The van der Waals surface area contributed by atoms with Gasteiger partial charge < -0.3 is 0 Å². The lowest BCUT2D eigenvalue weighted by Crippen LogP contribution is -1.93. The third-order valence-electron chi connectivity index (χ3n) is 0.992. The number of hydrogen-bond acceptors (Lipinski definition) is 2. The Morgan fingerprint density at radius 1 is 1.75 bits per heavy atom. The van der Waals surface area contributed by atoms with Crippen molar-refractivity contribution in [1.82, 2.24) is 0 Å². The van der Waals surface area contributed by atoms with Gasteiger partial charge in [-0.3, -0.25) is 4.99 Å². The maximum absolute atomic E-state index is 4.54. The quantitative estimate of drug-likeness (QED) is 0.418. The zero-order valence-corrected chi connectivity index (χ0v) is 6.11. The fraction of sp³-hybridized carbons (Fsp3) is 0.667. The second-order valence-electron chi connectivity index (χ2n) is 1.69. The van der Waals surface area contributed by atoms with Gasteiger partial charge in [-0.1, -0.05) is 19.1 Å². The average molecular weight is 129 g/mol. The highest BCUT2D eigenvalue weighted by Gasteiger charge is 1.87. The second-order valence-corrected chi connectivity index (χ2v) is 1.96. The summed E-state index contributed by atoms with van der Waals surface area (Å²) in [7, 11) is 0. The molecule has 0 bridgehead atoms. The van der Waals surface area contributed by atoms with E-state index >= 15 is 0 Å². The van der Waals surface area contributed by atoms with Gasteiger partial charge in [0.25, 0.3) is 0 Å². The summed E-state index contributed by atoms with van der Waals surface area (Å²) in [5, 5.41) is 1.53. The Hall–Kier alpha value is -0.240. The van der Waals surface area contributed by atoms with E-state index in [2.05, 4.69) is 31.1 Å². The van der Waals surface area contributed by atoms with Gasteiger partial charge in [-0.05, 0) is 13.3 Å². The minimum atomic E-state index is 0.425. The topological polar surface area (TPSA) is 12.4 Å². The summed E-state index contributed by atoms with van der Waals surface area (Å²) in [6.45, 7) is 4.17. The molecule has 0 spiro atoms. The molecule has 2 heteroatoms. The molecule has 0 aromatic carbocycles. The van der Waals surface area contributed by atoms with Crippen molar-refractivity contribution in [2.24, 2.45) is 4.99 Å². The third kappa shape index (κ3) is 3.93. The molecule has 0 unspecified atom stereocenters. The van der Waals surface area contributed by atoms with Crippen LogP contribution in [0.1, 0.15) is 20.3 Å². The molecule has 0 N–H and O–H groups in total. The smallest absolute Gasteiger partial charge is 0.0469 e. The van der Waals surface area contributed by atoms with Gasteiger partial charge in [0.1, 0.15) is 0 Å². The molecular weight excluding hydrogens is 118 g/mol. The van der Waals surface area contributed by atoms with E-state index in [1.54, 1.807) is 6.21 Å². The lowest BCUT2D eigenvalue weighted by molar-refractivity contribution is 0.721. The van der Waals surface area contributed by atoms with E-state index in [1.165, 1.54) is 5.37 Å². The molecule has 0 aliphatic rings. The van der Waals surface area contributed by atoms with Gasteiger partial charge >= 0.3 is 0 Å². The first-order chi connectivity index (χ1) is 3.81. The van der Waals surface area contributed by atoms with Crippen LogP contribution in [0.4, 0.5) is 0 Å². The van der Waals surface area contributed by atoms with Crippen molar-refractivity contribution in [3.05, 3.63) is 0 Å². The number of hydrogen-bond donors (Lipinski definition) is 0. The molecule has 0 aliphatic heterocycles. The summed E-state index contributed by atoms with van der Waals surface area (Å²) in [5.41, 5.74) is 0. The van der Waals surface area contributed by atoms with E-state index in [4.69, 9.17) is 0 Å². The van der Waals surface area contributed by atoms with Crippen LogP contribution in [-0.4, -0.2) is 17.6 Å². The van der Waals surface area contributed by atoms with Crippen molar-refractivity contribution in [2.75, 3.05) is 0 Å². The van der Waals surface area contributed by atoms with Crippen LogP contribution in [-0.2, 0) is 0 Å². The first-order valence-electron chi connectivity index (χ1n) is 2.78. The van der Waals surface area contributed by atoms with Crippen molar-refractivity contribution < 1.29 is 0 Å². The normalized spacial score (nSPS) is 14.2. The number of rotatable bonds is 3. The molecule has 0 radical (unpaired) electrons. The fourth-order valence-corrected chi connectivity index (χ4v) is 0.358. The van der Waals surface area contributed by atoms with Crippen molar-refractivity contribution in [3.63, 3.8) is 0 Å². The molecule has 0 amide bonds. The minimum absolute atomic E-state index is 0.425. The van der Waals surface area contributed by atoms with E-state index in [1.807, 2.05) is 0 Å². The lowest BCUT2D eigenvalue weighted by Gasteiger charge is -1.96. The van der Waals surface area contributed by atoms with Crippen molar-refractivity contribution in [3.8, 4) is 0 Å². The first kappa shape index (κ1) is 7.76. The summed E-state index contributed by atoms with van der Waals surface area (Å²) in [6, 6.07) is 0.425. The van der Waals surface area contributed by atoms with E-state index in [-0.39, 0.29) is 0 Å². The van der Waals surface area contributed by atoms with Crippen molar-refractivity contribution in [1.29, 1.82) is 0 Å². The summed E-state index contributed by atoms with van der Waals surface area (Å²) in [6.07, 6.45) is 2.75. The first-order valence-corrected chi connectivity index (χ1v) is 3.25. The summed E-state index contributed by atoms with van der Waals surface area (Å²) in [5.74, 6) is 0. The predicted molar refractivity (Wildman–Crippen MR) is 41.9 cm³/mol. The van der Waals surface area contributed by atoms with E-state index in [9.17, 15) is 0 Å². The van der Waals surface area contributed by atoms with E-state index < -0.39 is 0 Å². The summed E-state index contributed by atoms with van der Waals surface area (Å²) >= 11 is 4.54. The maximum atomic E-state index is 4.54. The SMILES string of the molecule is CC[C@@H](C)N=CC=S. The average Bonchev–Trinajstić information content (AvgIpc) is 1.83. The molecule has 0 rings (SSSR count). The highest BCUT2D eigenvalue weighted by Crippen LogP contribution is 1.91. The molecule has 0 saturated heterocycles. The Morgan fingerprint density at radius 2 is 2.38 bits per heavy atom. The number of thiocarbonyl (C=S) groups is 1. The molecule has 0 heterocycles. The molecule has 8 heavy (non-hydrogen) atoms. The Morgan fingerprint density at radius 3 is 2.75 bits per heavy atom. The molecular formula is C6H11NS. The maximum Gasteiger partial charge on any atom is 0.0469 e. The lowest BCUT2D eigenvalue weighted by atomic mass is 10.3.